The number of hydrogen-bond acceptors (Lipinski definition) is 2. The molecule has 0 unspecified atom stereocenters. The minimum absolute atomic E-state index is 0.263. The minimum Gasteiger partial charge on any atom is -0.315 e. The van der Waals surface area contributed by atoms with E-state index in [0.29, 0.717) is 0 Å². The van der Waals surface area contributed by atoms with Crippen LogP contribution in [0.4, 0.5) is 0 Å². The second-order valence-electron chi connectivity index (χ2n) is 6.65. The molecule has 20 heavy (non-hydrogen) atoms. The average molecular weight is 274 g/mol. The molecule has 112 valence electrons. The normalized spacial score (nSPS) is 17.3. The van der Waals surface area contributed by atoms with Crippen molar-refractivity contribution in [3.05, 3.63) is 35.9 Å². The summed E-state index contributed by atoms with van der Waals surface area (Å²) in [4.78, 5) is 2.60. The molecule has 1 saturated heterocycles. The summed E-state index contributed by atoms with van der Waals surface area (Å²) >= 11 is 0. The Kier molecular flexibility index (Phi) is 6.06. The van der Waals surface area contributed by atoms with E-state index in [4.69, 9.17) is 0 Å². The lowest BCUT2D eigenvalue weighted by atomic mass is 9.81. The van der Waals surface area contributed by atoms with Crippen molar-refractivity contribution >= 4 is 0 Å². The van der Waals surface area contributed by atoms with Crippen molar-refractivity contribution in [1.29, 1.82) is 0 Å². The molecule has 0 aromatic heterocycles. The fourth-order valence-corrected chi connectivity index (χ4v) is 2.98. The van der Waals surface area contributed by atoms with Crippen LogP contribution < -0.4 is 5.32 Å². The number of nitrogens with one attached hydrogen (secondary N) is 1. The molecule has 0 atom stereocenters. The van der Waals surface area contributed by atoms with Crippen molar-refractivity contribution < 1.29 is 0 Å². The molecule has 0 aliphatic carbocycles. The van der Waals surface area contributed by atoms with E-state index in [1.165, 1.54) is 50.9 Å². The van der Waals surface area contributed by atoms with Gasteiger partial charge in [-0.25, -0.2) is 0 Å². The molecule has 0 bridgehead atoms. The van der Waals surface area contributed by atoms with Crippen LogP contribution in [0, 0.1) is 0 Å². The van der Waals surface area contributed by atoms with Crippen molar-refractivity contribution in [2.45, 2.75) is 44.9 Å². The third kappa shape index (κ3) is 4.92. The molecule has 1 heterocycles. The van der Waals surface area contributed by atoms with Crippen LogP contribution in [0.5, 0.6) is 0 Å². The SMILES string of the molecule is CC(C)(CCNCCN1CCCCC1)c1ccccc1. The Hall–Kier alpha value is -0.860. The Morgan fingerprint density at radius 3 is 2.40 bits per heavy atom. The molecular formula is C18H30N2. The van der Waals surface area contributed by atoms with Crippen molar-refractivity contribution in [3.8, 4) is 0 Å². The molecule has 0 radical (unpaired) electrons. The molecule has 0 spiro atoms. The quantitative estimate of drug-likeness (QED) is 0.766. The topological polar surface area (TPSA) is 15.3 Å². The molecule has 1 aliphatic heterocycles. The lowest BCUT2D eigenvalue weighted by molar-refractivity contribution is 0.228. The van der Waals surface area contributed by atoms with Crippen molar-refractivity contribution in [1.82, 2.24) is 10.2 Å². The Labute approximate surface area is 124 Å². The van der Waals surface area contributed by atoms with Crippen LogP contribution in [0.1, 0.15) is 45.1 Å². The van der Waals surface area contributed by atoms with Gasteiger partial charge in [0.25, 0.3) is 0 Å². The number of nitrogens with zero attached hydrogens (tertiary/aromatic N) is 1. The highest BCUT2D eigenvalue weighted by atomic mass is 15.1. The molecular weight excluding hydrogens is 244 g/mol. The third-order valence-corrected chi connectivity index (χ3v) is 4.54. The first-order valence-electron chi connectivity index (χ1n) is 8.17. The van der Waals surface area contributed by atoms with E-state index in [1.807, 2.05) is 0 Å². The highest BCUT2D eigenvalue weighted by Crippen LogP contribution is 2.25. The third-order valence-electron chi connectivity index (χ3n) is 4.54. The summed E-state index contributed by atoms with van der Waals surface area (Å²) in [7, 11) is 0. The van der Waals surface area contributed by atoms with Crippen molar-refractivity contribution in [2.75, 3.05) is 32.7 Å². The maximum absolute atomic E-state index is 3.62. The van der Waals surface area contributed by atoms with E-state index < -0.39 is 0 Å². The number of piperidine rings is 1. The number of rotatable bonds is 7. The van der Waals surface area contributed by atoms with E-state index in [9.17, 15) is 0 Å². The van der Waals surface area contributed by atoms with Crippen molar-refractivity contribution in [3.63, 3.8) is 0 Å². The Bertz CT molecular complexity index is 366. The van der Waals surface area contributed by atoms with E-state index in [-0.39, 0.29) is 5.41 Å². The summed E-state index contributed by atoms with van der Waals surface area (Å²) in [6, 6.07) is 10.9. The van der Waals surface area contributed by atoms with Crippen LogP contribution in [0.3, 0.4) is 0 Å². The fraction of sp³-hybridized carbons (Fsp3) is 0.667. The first-order valence-corrected chi connectivity index (χ1v) is 8.17. The van der Waals surface area contributed by atoms with Crippen LogP contribution in [-0.4, -0.2) is 37.6 Å². The van der Waals surface area contributed by atoms with Gasteiger partial charge in [0.05, 0.1) is 0 Å². The van der Waals surface area contributed by atoms with Gasteiger partial charge in [-0.2, -0.15) is 0 Å². The molecule has 1 N–H and O–H groups in total. The zero-order chi connectivity index (χ0) is 14.3. The summed E-state index contributed by atoms with van der Waals surface area (Å²) in [6.45, 7) is 10.7. The minimum atomic E-state index is 0.263. The van der Waals surface area contributed by atoms with Gasteiger partial charge in [0.15, 0.2) is 0 Å². The first-order chi connectivity index (χ1) is 9.68. The average Bonchev–Trinajstić information content (AvgIpc) is 2.49. The van der Waals surface area contributed by atoms with Gasteiger partial charge in [-0.05, 0) is 49.9 Å². The zero-order valence-corrected chi connectivity index (χ0v) is 13.2. The number of benzene rings is 1. The fourth-order valence-electron chi connectivity index (χ4n) is 2.98. The maximum atomic E-state index is 3.62. The predicted molar refractivity (Wildman–Crippen MR) is 87.2 cm³/mol. The Morgan fingerprint density at radius 2 is 1.70 bits per heavy atom. The van der Waals surface area contributed by atoms with Gasteiger partial charge in [0.2, 0.25) is 0 Å². The molecule has 1 aliphatic rings. The second-order valence-corrected chi connectivity index (χ2v) is 6.65. The zero-order valence-electron chi connectivity index (χ0n) is 13.2. The Balaban J connectivity index is 1.62. The smallest absolute Gasteiger partial charge is 0.0107 e. The lowest BCUT2D eigenvalue weighted by Gasteiger charge is -2.27. The lowest BCUT2D eigenvalue weighted by Crippen LogP contribution is -2.36. The van der Waals surface area contributed by atoms with E-state index in [0.717, 1.165) is 13.1 Å². The summed E-state index contributed by atoms with van der Waals surface area (Å²) in [6.07, 6.45) is 5.40. The molecule has 1 aromatic rings. The van der Waals surface area contributed by atoms with Crippen LogP contribution in [-0.2, 0) is 5.41 Å². The second kappa shape index (κ2) is 7.80. The molecule has 2 heteroatoms. The van der Waals surface area contributed by atoms with Crippen molar-refractivity contribution in [2.24, 2.45) is 0 Å². The monoisotopic (exact) mass is 274 g/mol. The number of likely N-dealkylation sites (tertiary alicyclic amines) is 1. The van der Waals surface area contributed by atoms with Gasteiger partial charge in [0.1, 0.15) is 0 Å². The number of hydrogen-bond donors (Lipinski definition) is 1. The molecule has 0 amide bonds. The Morgan fingerprint density at radius 1 is 1.00 bits per heavy atom. The summed E-state index contributed by atoms with van der Waals surface area (Å²) in [5.74, 6) is 0. The van der Waals surface area contributed by atoms with Gasteiger partial charge >= 0.3 is 0 Å². The maximum Gasteiger partial charge on any atom is 0.0107 e. The standard InChI is InChI=1S/C18H30N2/c1-18(2,17-9-5-3-6-10-17)11-12-19-13-16-20-14-7-4-8-15-20/h3,5-6,9-10,19H,4,7-8,11-16H2,1-2H3. The van der Waals surface area contributed by atoms with Crippen LogP contribution in [0.25, 0.3) is 0 Å². The largest absolute Gasteiger partial charge is 0.315 e. The van der Waals surface area contributed by atoms with Gasteiger partial charge in [-0.1, -0.05) is 50.6 Å². The van der Waals surface area contributed by atoms with Gasteiger partial charge in [-0.15, -0.1) is 0 Å². The van der Waals surface area contributed by atoms with E-state index in [2.05, 4.69) is 54.4 Å². The highest BCUT2D eigenvalue weighted by Gasteiger charge is 2.19. The van der Waals surface area contributed by atoms with Gasteiger partial charge in [0, 0.05) is 13.1 Å². The van der Waals surface area contributed by atoms with Crippen LogP contribution in [0.15, 0.2) is 30.3 Å². The first kappa shape index (κ1) is 15.5. The van der Waals surface area contributed by atoms with E-state index in [1.54, 1.807) is 0 Å². The molecule has 0 saturated carbocycles. The summed E-state index contributed by atoms with van der Waals surface area (Å²) in [5.41, 5.74) is 1.71. The molecule has 1 fully saturated rings. The highest BCUT2D eigenvalue weighted by molar-refractivity contribution is 5.23. The molecule has 1 aromatic carbocycles. The summed E-state index contributed by atoms with van der Waals surface area (Å²) in [5, 5.41) is 3.62. The van der Waals surface area contributed by atoms with Gasteiger partial charge < -0.3 is 10.2 Å². The van der Waals surface area contributed by atoms with Crippen LogP contribution >= 0.6 is 0 Å². The van der Waals surface area contributed by atoms with E-state index >= 15 is 0 Å². The van der Waals surface area contributed by atoms with Crippen LogP contribution in [0.2, 0.25) is 0 Å². The molecule has 2 nitrogen and oxygen atoms in total. The summed E-state index contributed by atoms with van der Waals surface area (Å²) < 4.78 is 0. The predicted octanol–water partition coefficient (Wildman–Crippen LogP) is 3.43. The molecule has 2 rings (SSSR count). The van der Waals surface area contributed by atoms with Gasteiger partial charge in [-0.3, -0.25) is 0 Å².